The van der Waals surface area contributed by atoms with Crippen LogP contribution in [0.4, 0.5) is 0 Å². The number of hydrogen-bond acceptors (Lipinski definition) is 3. The largest absolute Gasteiger partial charge is 0.379 e. The molecule has 1 aromatic rings. The summed E-state index contributed by atoms with van der Waals surface area (Å²) < 4.78 is 7.76. The minimum Gasteiger partial charge on any atom is -0.379 e. The van der Waals surface area contributed by atoms with Crippen molar-refractivity contribution in [1.29, 1.82) is 0 Å². The summed E-state index contributed by atoms with van der Waals surface area (Å²) >= 11 is 0. The molecule has 0 spiro atoms. The van der Waals surface area contributed by atoms with E-state index in [2.05, 4.69) is 30.8 Å². The van der Waals surface area contributed by atoms with Crippen molar-refractivity contribution >= 4 is 0 Å². The summed E-state index contributed by atoms with van der Waals surface area (Å²) in [5.74, 6) is 0. The lowest BCUT2D eigenvalue weighted by Crippen LogP contribution is -2.23. The molecule has 4 heteroatoms. The number of nitrogens with zero attached hydrogens (tertiary/aromatic N) is 2. The molecule has 0 bridgehead atoms. The van der Waals surface area contributed by atoms with Crippen LogP contribution in [0.2, 0.25) is 0 Å². The Kier molecular flexibility index (Phi) is 4.78. The van der Waals surface area contributed by atoms with Crippen LogP contribution in [0, 0.1) is 13.8 Å². The first-order chi connectivity index (χ1) is 8.74. The summed E-state index contributed by atoms with van der Waals surface area (Å²) in [7, 11) is 0. The topological polar surface area (TPSA) is 39.1 Å². The first-order valence-electron chi connectivity index (χ1n) is 7.07. The molecule has 1 N–H and O–H groups in total. The van der Waals surface area contributed by atoms with E-state index in [1.807, 2.05) is 0 Å². The van der Waals surface area contributed by atoms with Gasteiger partial charge in [0.15, 0.2) is 0 Å². The van der Waals surface area contributed by atoms with Gasteiger partial charge >= 0.3 is 0 Å². The predicted molar refractivity (Wildman–Crippen MR) is 73.0 cm³/mol. The molecule has 1 unspecified atom stereocenters. The van der Waals surface area contributed by atoms with Gasteiger partial charge in [-0.2, -0.15) is 5.10 Å². The summed E-state index contributed by atoms with van der Waals surface area (Å²) in [6.07, 6.45) is 3.41. The van der Waals surface area contributed by atoms with Crippen LogP contribution >= 0.6 is 0 Å². The first-order valence-corrected chi connectivity index (χ1v) is 7.07. The molecule has 1 aliphatic rings. The van der Waals surface area contributed by atoms with Gasteiger partial charge in [0.1, 0.15) is 0 Å². The molecule has 2 heterocycles. The van der Waals surface area contributed by atoms with E-state index in [9.17, 15) is 0 Å². The van der Waals surface area contributed by atoms with E-state index in [4.69, 9.17) is 9.84 Å². The second-order valence-corrected chi connectivity index (χ2v) is 5.07. The van der Waals surface area contributed by atoms with Crippen molar-refractivity contribution in [2.45, 2.75) is 46.1 Å². The quantitative estimate of drug-likeness (QED) is 0.814. The number of aryl methyl sites for hydroxylation is 1. The van der Waals surface area contributed by atoms with Crippen molar-refractivity contribution in [2.75, 3.05) is 26.3 Å². The van der Waals surface area contributed by atoms with Gasteiger partial charge in [-0.3, -0.25) is 4.68 Å². The molecule has 102 valence electrons. The molecule has 1 saturated heterocycles. The third kappa shape index (κ3) is 2.93. The number of hydrogen-bond donors (Lipinski definition) is 1. The fourth-order valence-electron chi connectivity index (χ4n) is 2.72. The van der Waals surface area contributed by atoms with Crippen LogP contribution in [0.15, 0.2) is 0 Å². The van der Waals surface area contributed by atoms with Crippen molar-refractivity contribution in [3.8, 4) is 0 Å². The molecule has 0 radical (unpaired) electrons. The highest BCUT2D eigenvalue weighted by atomic mass is 16.5. The molecular formula is C14H25N3O. The SMILES string of the molecule is CCNCCc1c(C)nn(C2CCCOC2)c1C. The second kappa shape index (κ2) is 6.34. The maximum absolute atomic E-state index is 5.57. The van der Waals surface area contributed by atoms with Crippen molar-refractivity contribution in [3.63, 3.8) is 0 Å². The monoisotopic (exact) mass is 251 g/mol. The molecular weight excluding hydrogens is 226 g/mol. The Morgan fingerprint density at radius 3 is 2.94 bits per heavy atom. The molecule has 1 fully saturated rings. The van der Waals surface area contributed by atoms with Crippen molar-refractivity contribution in [3.05, 3.63) is 17.0 Å². The Balaban J connectivity index is 2.09. The first kappa shape index (κ1) is 13.6. The Morgan fingerprint density at radius 2 is 2.28 bits per heavy atom. The Bertz CT molecular complexity index is 381. The lowest BCUT2D eigenvalue weighted by Gasteiger charge is -2.23. The van der Waals surface area contributed by atoms with Crippen LogP contribution in [0.5, 0.6) is 0 Å². The minimum absolute atomic E-state index is 0.435. The normalized spacial score (nSPS) is 20.3. The van der Waals surface area contributed by atoms with E-state index in [1.165, 1.54) is 23.4 Å². The van der Waals surface area contributed by atoms with Crippen molar-refractivity contribution < 1.29 is 4.74 Å². The van der Waals surface area contributed by atoms with Crippen LogP contribution in [0.3, 0.4) is 0 Å². The zero-order valence-electron chi connectivity index (χ0n) is 11.8. The van der Waals surface area contributed by atoms with Gasteiger partial charge in [-0.25, -0.2) is 0 Å². The Labute approximate surface area is 110 Å². The number of ether oxygens (including phenoxy) is 1. The fraction of sp³-hybridized carbons (Fsp3) is 0.786. The number of likely N-dealkylation sites (N-methyl/N-ethyl adjacent to an activating group) is 1. The highest BCUT2D eigenvalue weighted by Gasteiger charge is 2.20. The Hall–Kier alpha value is -0.870. The average molecular weight is 251 g/mol. The third-order valence-electron chi connectivity index (χ3n) is 3.76. The van der Waals surface area contributed by atoms with E-state index in [0.717, 1.165) is 39.1 Å². The smallest absolute Gasteiger partial charge is 0.0756 e. The molecule has 1 atom stereocenters. The molecule has 0 amide bonds. The van der Waals surface area contributed by atoms with E-state index < -0.39 is 0 Å². The van der Waals surface area contributed by atoms with Crippen LogP contribution < -0.4 is 5.32 Å². The van der Waals surface area contributed by atoms with Gasteiger partial charge in [0, 0.05) is 12.3 Å². The highest BCUT2D eigenvalue weighted by molar-refractivity contribution is 5.25. The predicted octanol–water partition coefficient (Wildman–Crippen LogP) is 2.00. The van der Waals surface area contributed by atoms with Gasteiger partial charge in [0.2, 0.25) is 0 Å². The standard InChI is InChI=1S/C14H25N3O/c1-4-15-8-7-14-11(2)16-17(12(14)3)13-6-5-9-18-10-13/h13,15H,4-10H2,1-3H3. The van der Waals surface area contributed by atoms with Crippen LogP contribution in [0.1, 0.15) is 42.8 Å². The maximum Gasteiger partial charge on any atom is 0.0756 e. The summed E-state index contributed by atoms with van der Waals surface area (Å²) in [5.41, 5.74) is 3.90. The van der Waals surface area contributed by atoms with Crippen LogP contribution in [-0.2, 0) is 11.2 Å². The van der Waals surface area contributed by atoms with Crippen LogP contribution in [0.25, 0.3) is 0 Å². The Morgan fingerprint density at radius 1 is 1.44 bits per heavy atom. The molecule has 4 nitrogen and oxygen atoms in total. The van der Waals surface area contributed by atoms with Gasteiger partial charge in [0.05, 0.1) is 18.3 Å². The van der Waals surface area contributed by atoms with Crippen molar-refractivity contribution in [2.24, 2.45) is 0 Å². The average Bonchev–Trinajstić information content (AvgIpc) is 2.68. The summed E-state index contributed by atoms with van der Waals surface area (Å²) in [6.45, 7) is 10.2. The third-order valence-corrected chi connectivity index (χ3v) is 3.76. The van der Waals surface area contributed by atoms with E-state index >= 15 is 0 Å². The molecule has 2 rings (SSSR count). The lowest BCUT2D eigenvalue weighted by atomic mass is 10.1. The van der Waals surface area contributed by atoms with Gasteiger partial charge in [0.25, 0.3) is 0 Å². The molecule has 1 aromatic heterocycles. The highest BCUT2D eigenvalue weighted by Crippen LogP contribution is 2.23. The zero-order valence-corrected chi connectivity index (χ0v) is 11.8. The number of nitrogens with one attached hydrogen (secondary N) is 1. The molecule has 0 saturated carbocycles. The second-order valence-electron chi connectivity index (χ2n) is 5.07. The van der Waals surface area contributed by atoms with E-state index in [-0.39, 0.29) is 0 Å². The summed E-state index contributed by atoms with van der Waals surface area (Å²) in [5, 5.41) is 8.10. The fourth-order valence-corrected chi connectivity index (χ4v) is 2.72. The van der Waals surface area contributed by atoms with E-state index in [1.54, 1.807) is 0 Å². The van der Waals surface area contributed by atoms with Gasteiger partial charge in [-0.05, 0) is 51.8 Å². The van der Waals surface area contributed by atoms with Gasteiger partial charge < -0.3 is 10.1 Å². The van der Waals surface area contributed by atoms with Gasteiger partial charge in [-0.15, -0.1) is 0 Å². The van der Waals surface area contributed by atoms with Crippen LogP contribution in [-0.4, -0.2) is 36.1 Å². The van der Waals surface area contributed by atoms with E-state index in [0.29, 0.717) is 6.04 Å². The summed E-state index contributed by atoms with van der Waals surface area (Å²) in [6, 6.07) is 0.435. The molecule has 1 aliphatic heterocycles. The minimum atomic E-state index is 0.435. The lowest BCUT2D eigenvalue weighted by molar-refractivity contribution is 0.0541. The van der Waals surface area contributed by atoms with Crippen molar-refractivity contribution in [1.82, 2.24) is 15.1 Å². The number of aromatic nitrogens is 2. The molecule has 18 heavy (non-hydrogen) atoms. The number of rotatable bonds is 5. The summed E-state index contributed by atoms with van der Waals surface area (Å²) in [4.78, 5) is 0. The zero-order chi connectivity index (χ0) is 13.0. The molecule has 0 aromatic carbocycles. The maximum atomic E-state index is 5.57. The van der Waals surface area contributed by atoms with Gasteiger partial charge in [-0.1, -0.05) is 6.92 Å². The molecule has 0 aliphatic carbocycles.